The number of benzene rings is 1. The van der Waals surface area contributed by atoms with Gasteiger partial charge in [-0.1, -0.05) is 19.1 Å². The van der Waals surface area contributed by atoms with Crippen molar-refractivity contribution >= 4 is 12.0 Å². The molecule has 5 nitrogen and oxygen atoms in total. The lowest BCUT2D eigenvalue weighted by Crippen LogP contribution is -2.51. The Morgan fingerprint density at radius 2 is 1.89 bits per heavy atom. The van der Waals surface area contributed by atoms with Gasteiger partial charge < -0.3 is 15.0 Å². The minimum Gasteiger partial charge on any atom is -0.444 e. The summed E-state index contributed by atoms with van der Waals surface area (Å²) in [6.07, 6.45) is 5.10. The maximum atomic E-state index is 12.4. The quantitative estimate of drug-likeness (QED) is 0.834. The van der Waals surface area contributed by atoms with E-state index in [9.17, 15) is 9.59 Å². The molecule has 1 saturated heterocycles. The molecule has 28 heavy (non-hydrogen) atoms. The highest BCUT2D eigenvalue weighted by molar-refractivity contribution is 5.94. The van der Waals surface area contributed by atoms with Gasteiger partial charge in [0.05, 0.1) is 0 Å². The number of rotatable bonds is 4. The average molecular weight is 387 g/mol. The number of carbonyl (C=O) groups is 2. The zero-order valence-corrected chi connectivity index (χ0v) is 17.7. The first-order chi connectivity index (χ1) is 13.2. The van der Waals surface area contributed by atoms with Crippen LogP contribution in [0.5, 0.6) is 0 Å². The maximum Gasteiger partial charge on any atom is 0.410 e. The molecule has 1 aliphatic carbocycles. The Bertz CT molecular complexity index is 707. The summed E-state index contributed by atoms with van der Waals surface area (Å²) in [7, 11) is 0. The summed E-state index contributed by atoms with van der Waals surface area (Å²) < 4.78 is 5.48. The first kappa shape index (κ1) is 20.7. The third-order valence-electron chi connectivity index (χ3n) is 6.07. The van der Waals surface area contributed by atoms with Gasteiger partial charge >= 0.3 is 6.09 Å². The molecule has 1 aromatic rings. The molecule has 1 spiro atoms. The van der Waals surface area contributed by atoms with Gasteiger partial charge in [0.2, 0.25) is 0 Å². The van der Waals surface area contributed by atoms with Gasteiger partial charge in [0.25, 0.3) is 5.91 Å². The fraction of sp³-hybridized carbons (Fsp3) is 0.652. The fourth-order valence-corrected chi connectivity index (χ4v) is 4.48. The highest BCUT2D eigenvalue weighted by atomic mass is 16.6. The SMILES string of the molecule is CCc1cccc(C(=O)NCC2CC3(CCN(C(=O)OC(C)(C)C)CC3)C2)c1. The minimum absolute atomic E-state index is 0.0241. The summed E-state index contributed by atoms with van der Waals surface area (Å²) in [5, 5.41) is 3.10. The zero-order valence-electron chi connectivity index (χ0n) is 17.7. The lowest BCUT2D eigenvalue weighted by Gasteiger charge is -2.52. The van der Waals surface area contributed by atoms with E-state index in [1.54, 1.807) is 0 Å². The zero-order chi connectivity index (χ0) is 20.4. The van der Waals surface area contributed by atoms with Crippen LogP contribution in [-0.2, 0) is 11.2 Å². The van der Waals surface area contributed by atoms with Crippen molar-refractivity contribution in [3.63, 3.8) is 0 Å². The lowest BCUT2D eigenvalue weighted by molar-refractivity contribution is -0.0265. The predicted octanol–water partition coefficient (Wildman–Crippen LogP) is 4.41. The van der Waals surface area contributed by atoms with Crippen molar-refractivity contribution in [2.75, 3.05) is 19.6 Å². The van der Waals surface area contributed by atoms with Crippen molar-refractivity contribution in [2.45, 2.75) is 65.4 Å². The molecule has 154 valence electrons. The van der Waals surface area contributed by atoms with Crippen molar-refractivity contribution in [3.8, 4) is 0 Å². The summed E-state index contributed by atoms with van der Waals surface area (Å²) in [6.45, 7) is 10.1. The summed E-state index contributed by atoms with van der Waals surface area (Å²) >= 11 is 0. The number of nitrogens with zero attached hydrogens (tertiary/aromatic N) is 1. The number of piperidine rings is 1. The molecule has 5 heteroatoms. The van der Waals surface area contributed by atoms with Gasteiger partial charge in [-0.15, -0.1) is 0 Å². The summed E-state index contributed by atoms with van der Waals surface area (Å²) in [5.74, 6) is 0.572. The standard InChI is InChI=1S/C23H34N2O3/c1-5-17-7-6-8-19(13-17)20(26)24-16-18-14-23(15-18)9-11-25(12-10-23)21(27)28-22(2,3)4/h6-8,13,18H,5,9-12,14-16H2,1-4H3,(H,24,26). The Morgan fingerprint density at radius 1 is 1.21 bits per heavy atom. The van der Waals surface area contributed by atoms with Gasteiger partial charge in [-0.25, -0.2) is 4.79 Å². The molecule has 2 fully saturated rings. The Balaban J connectivity index is 1.40. The van der Waals surface area contributed by atoms with Crippen LogP contribution in [0, 0.1) is 11.3 Å². The topological polar surface area (TPSA) is 58.6 Å². The van der Waals surface area contributed by atoms with Crippen LogP contribution in [0.15, 0.2) is 24.3 Å². The van der Waals surface area contributed by atoms with Crippen LogP contribution in [0.3, 0.4) is 0 Å². The molecular formula is C23H34N2O3. The molecule has 0 aromatic heterocycles. The van der Waals surface area contributed by atoms with Gasteiger partial charge in [-0.2, -0.15) is 0 Å². The van der Waals surface area contributed by atoms with E-state index < -0.39 is 5.60 Å². The molecule has 0 atom stereocenters. The molecule has 0 unspecified atom stereocenters. The van der Waals surface area contributed by atoms with Crippen LogP contribution in [0.1, 0.15) is 69.3 Å². The van der Waals surface area contributed by atoms with E-state index in [0.29, 0.717) is 11.3 Å². The van der Waals surface area contributed by atoms with E-state index >= 15 is 0 Å². The van der Waals surface area contributed by atoms with Crippen LogP contribution in [-0.4, -0.2) is 42.1 Å². The number of carbonyl (C=O) groups excluding carboxylic acids is 2. The number of hydrogen-bond donors (Lipinski definition) is 1. The van der Waals surface area contributed by atoms with Crippen molar-refractivity contribution in [3.05, 3.63) is 35.4 Å². The lowest BCUT2D eigenvalue weighted by atomic mass is 9.57. The number of nitrogens with one attached hydrogen (secondary N) is 1. The fourth-order valence-electron chi connectivity index (χ4n) is 4.48. The molecule has 1 N–H and O–H groups in total. The number of likely N-dealkylation sites (tertiary alicyclic amines) is 1. The molecule has 2 aliphatic rings. The highest BCUT2D eigenvalue weighted by Crippen LogP contribution is 2.52. The van der Waals surface area contributed by atoms with E-state index in [-0.39, 0.29) is 12.0 Å². The second-order valence-electron chi connectivity index (χ2n) is 9.51. The molecule has 3 rings (SSSR count). The molecule has 1 aromatic carbocycles. The molecule has 1 heterocycles. The maximum absolute atomic E-state index is 12.4. The second-order valence-corrected chi connectivity index (χ2v) is 9.51. The van der Waals surface area contributed by atoms with Gasteiger partial charge in [0, 0.05) is 25.2 Å². The molecule has 0 radical (unpaired) electrons. The number of ether oxygens (including phenoxy) is 1. The Morgan fingerprint density at radius 3 is 2.50 bits per heavy atom. The number of amides is 2. The van der Waals surface area contributed by atoms with Gasteiger partial charge in [0.1, 0.15) is 5.60 Å². The van der Waals surface area contributed by atoms with Crippen molar-refractivity contribution < 1.29 is 14.3 Å². The third kappa shape index (κ3) is 5.06. The van der Waals surface area contributed by atoms with E-state index in [2.05, 4.69) is 18.3 Å². The number of aryl methyl sites for hydroxylation is 1. The normalized spacial score (nSPS) is 19.2. The largest absolute Gasteiger partial charge is 0.444 e. The summed E-state index contributed by atoms with van der Waals surface area (Å²) in [6, 6.07) is 7.85. The smallest absolute Gasteiger partial charge is 0.410 e. The summed E-state index contributed by atoms with van der Waals surface area (Å²) in [5.41, 5.74) is 1.85. The Labute approximate surface area is 168 Å². The third-order valence-corrected chi connectivity index (χ3v) is 6.07. The van der Waals surface area contributed by atoms with Crippen molar-refractivity contribution in [1.29, 1.82) is 0 Å². The Hall–Kier alpha value is -2.04. The monoisotopic (exact) mass is 386 g/mol. The van der Waals surface area contributed by atoms with Crippen LogP contribution in [0.4, 0.5) is 4.79 Å². The average Bonchev–Trinajstić information content (AvgIpc) is 2.63. The number of hydrogen-bond acceptors (Lipinski definition) is 3. The predicted molar refractivity (Wildman–Crippen MR) is 110 cm³/mol. The van der Waals surface area contributed by atoms with E-state index in [4.69, 9.17) is 4.74 Å². The van der Waals surface area contributed by atoms with E-state index in [1.807, 2.05) is 43.9 Å². The van der Waals surface area contributed by atoms with Gasteiger partial charge in [-0.05, 0) is 81.9 Å². The van der Waals surface area contributed by atoms with Crippen LogP contribution in [0.2, 0.25) is 0 Å². The highest BCUT2D eigenvalue weighted by Gasteiger charge is 2.46. The van der Waals surface area contributed by atoms with Crippen molar-refractivity contribution in [1.82, 2.24) is 10.2 Å². The van der Waals surface area contributed by atoms with Crippen LogP contribution in [0.25, 0.3) is 0 Å². The van der Waals surface area contributed by atoms with E-state index in [0.717, 1.165) is 57.3 Å². The minimum atomic E-state index is -0.442. The molecular weight excluding hydrogens is 352 g/mol. The molecule has 1 aliphatic heterocycles. The van der Waals surface area contributed by atoms with Crippen molar-refractivity contribution in [2.24, 2.45) is 11.3 Å². The second kappa shape index (κ2) is 8.14. The summed E-state index contributed by atoms with van der Waals surface area (Å²) in [4.78, 5) is 26.4. The van der Waals surface area contributed by atoms with Gasteiger partial charge in [0.15, 0.2) is 0 Å². The van der Waals surface area contributed by atoms with Crippen LogP contribution < -0.4 is 5.32 Å². The Kier molecular flexibility index (Phi) is 6.01. The molecule has 1 saturated carbocycles. The van der Waals surface area contributed by atoms with Gasteiger partial charge in [-0.3, -0.25) is 4.79 Å². The van der Waals surface area contributed by atoms with E-state index in [1.165, 1.54) is 5.56 Å². The molecule has 2 amide bonds. The van der Waals surface area contributed by atoms with Crippen LogP contribution >= 0.6 is 0 Å². The molecule has 0 bridgehead atoms. The first-order valence-corrected chi connectivity index (χ1v) is 10.5. The first-order valence-electron chi connectivity index (χ1n) is 10.5.